The number of esters is 1. The second-order valence-electron chi connectivity index (χ2n) is 5.71. The molecule has 0 aliphatic heterocycles. The molecule has 1 unspecified atom stereocenters. The highest BCUT2D eigenvalue weighted by Gasteiger charge is 2.21. The Labute approximate surface area is 157 Å². The molecule has 0 spiro atoms. The number of methoxy groups -OCH3 is 1. The summed E-state index contributed by atoms with van der Waals surface area (Å²) in [4.78, 5) is 36.0. The van der Waals surface area contributed by atoms with Crippen molar-refractivity contribution in [2.24, 2.45) is 0 Å². The number of rotatable bonds is 7. The molecule has 0 heterocycles. The van der Waals surface area contributed by atoms with Gasteiger partial charge in [-0.25, -0.2) is 0 Å². The largest absolute Gasteiger partial charge is 0.497 e. The summed E-state index contributed by atoms with van der Waals surface area (Å²) in [6, 6.07) is 15.6. The van der Waals surface area contributed by atoms with E-state index in [-0.39, 0.29) is 0 Å². The highest BCUT2D eigenvalue weighted by molar-refractivity contribution is 5.95. The van der Waals surface area contributed by atoms with E-state index in [9.17, 15) is 14.4 Å². The van der Waals surface area contributed by atoms with Crippen molar-refractivity contribution in [3.8, 4) is 5.75 Å². The van der Waals surface area contributed by atoms with E-state index < -0.39 is 30.3 Å². The average Bonchev–Trinajstić information content (AvgIpc) is 2.71. The monoisotopic (exact) mass is 370 g/mol. The van der Waals surface area contributed by atoms with Crippen molar-refractivity contribution in [2.75, 3.05) is 13.7 Å². The van der Waals surface area contributed by atoms with Gasteiger partial charge >= 0.3 is 5.97 Å². The van der Waals surface area contributed by atoms with Gasteiger partial charge in [-0.05, 0) is 36.2 Å². The Morgan fingerprint density at radius 2 is 1.63 bits per heavy atom. The van der Waals surface area contributed by atoms with Crippen molar-refractivity contribution in [1.29, 1.82) is 0 Å². The van der Waals surface area contributed by atoms with Crippen molar-refractivity contribution in [2.45, 2.75) is 19.3 Å². The first kappa shape index (κ1) is 20.0. The molecule has 2 N–H and O–H groups in total. The maximum Gasteiger partial charge on any atom is 0.313 e. The van der Waals surface area contributed by atoms with Crippen LogP contribution in [0.1, 0.15) is 35.2 Å². The van der Waals surface area contributed by atoms with Crippen LogP contribution in [-0.2, 0) is 14.3 Å². The third kappa shape index (κ3) is 5.85. The van der Waals surface area contributed by atoms with E-state index in [1.807, 2.05) is 37.3 Å². The van der Waals surface area contributed by atoms with Gasteiger partial charge in [0, 0.05) is 5.56 Å². The smallest absolute Gasteiger partial charge is 0.313 e. The van der Waals surface area contributed by atoms with Gasteiger partial charge < -0.3 is 9.47 Å². The average molecular weight is 370 g/mol. The maximum absolute atomic E-state index is 12.2. The van der Waals surface area contributed by atoms with Crippen LogP contribution in [0.5, 0.6) is 5.75 Å². The van der Waals surface area contributed by atoms with Crippen LogP contribution in [0.2, 0.25) is 0 Å². The van der Waals surface area contributed by atoms with Crippen LogP contribution < -0.4 is 15.6 Å². The number of benzene rings is 2. The molecule has 0 bridgehead atoms. The molecule has 0 aliphatic carbocycles. The first-order valence-corrected chi connectivity index (χ1v) is 8.50. The Morgan fingerprint density at radius 1 is 0.963 bits per heavy atom. The minimum atomic E-state index is -0.631. The molecule has 0 radical (unpaired) electrons. The van der Waals surface area contributed by atoms with E-state index >= 15 is 0 Å². The van der Waals surface area contributed by atoms with Gasteiger partial charge in [0.25, 0.3) is 11.8 Å². The molecule has 2 rings (SSSR count). The highest BCUT2D eigenvalue weighted by Crippen LogP contribution is 2.20. The van der Waals surface area contributed by atoms with Crippen LogP contribution in [0.25, 0.3) is 0 Å². The van der Waals surface area contributed by atoms with Gasteiger partial charge in [-0.2, -0.15) is 0 Å². The molecule has 142 valence electrons. The minimum absolute atomic E-state index is 0.350. The Kier molecular flexibility index (Phi) is 7.37. The van der Waals surface area contributed by atoms with Gasteiger partial charge in [-0.1, -0.05) is 37.3 Å². The lowest BCUT2D eigenvalue weighted by Crippen LogP contribution is -2.43. The van der Waals surface area contributed by atoms with Gasteiger partial charge in [-0.15, -0.1) is 0 Å². The lowest BCUT2D eigenvalue weighted by molar-refractivity contribution is -0.150. The number of hydrazine groups is 1. The highest BCUT2D eigenvalue weighted by atomic mass is 16.5. The third-order valence-corrected chi connectivity index (χ3v) is 3.91. The molecule has 7 nitrogen and oxygen atoms in total. The number of hydrogen-bond donors (Lipinski definition) is 2. The molecule has 1 atom stereocenters. The number of hydrogen-bond acceptors (Lipinski definition) is 5. The van der Waals surface area contributed by atoms with E-state index in [4.69, 9.17) is 9.47 Å². The normalized spacial score (nSPS) is 11.2. The predicted molar refractivity (Wildman–Crippen MR) is 99.0 cm³/mol. The summed E-state index contributed by atoms with van der Waals surface area (Å²) in [5.41, 5.74) is 5.66. The predicted octanol–water partition coefficient (Wildman–Crippen LogP) is 2.19. The van der Waals surface area contributed by atoms with Crippen molar-refractivity contribution in [1.82, 2.24) is 10.9 Å². The van der Waals surface area contributed by atoms with Crippen LogP contribution in [0.3, 0.4) is 0 Å². The van der Waals surface area contributed by atoms with Crippen LogP contribution >= 0.6 is 0 Å². The van der Waals surface area contributed by atoms with Gasteiger partial charge in [0.1, 0.15) is 5.75 Å². The van der Waals surface area contributed by atoms with E-state index in [2.05, 4.69) is 10.9 Å². The standard InChI is InChI=1S/C20H22N2O5/c1-3-17(14-7-5-4-6-8-14)20(25)27-13-18(23)21-22-19(24)15-9-11-16(26-2)12-10-15/h4-12,17H,3,13H2,1-2H3,(H,21,23)(H,22,24). The van der Waals surface area contributed by atoms with E-state index in [1.54, 1.807) is 24.3 Å². The molecule has 7 heteroatoms. The minimum Gasteiger partial charge on any atom is -0.497 e. The number of amides is 2. The SMILES string of the molecule is CCC(C(=O)OCC(=O)NNC(=O)c1ccc(OC)cc1)c1ccccc1. The van der Waals surface area contributed by atoms with Crippen molar-refractivity contribution < 1.29 is 23.9 Å². The lowest BCUT2D eigenvalue weighted by atomic mass is 9.97. The first-order valence-electron chi connectivity index (χ1n) is 8.50. The van der Waals surface area contributed by atoms with Gasteiger partial charge in [0.2, 0.25) is 0 Å². The maximum atomic E-state index is 12.2. The molecule has 2 amide bonds. The summed E-state index contributed by atoms with van der Waals surface area (Å²) in [5, 5.41) is 0. The second-order valence-corrected chi connectivity index (χ2v) is 5.71. The van der Waals surface area contributed by atoms with E-state index in [1.165, 1.54) is 7.11 Å². The zero-order valence-corrected chi connectivity index (χ0v) is 15.2. The third-order valence-electron chi connectivity index (χ3n) is 3.91. The fourth-order valence-corrected chi connectivity index (χ4v) is 2.44. The topological polar surface area (TPSA) is 93.7 Å². The molecule has 0 saturated heterocycles. The summed E-state index contributed by atoms with van der Waals surface area (Å²) in [7, 11) is 1.53. The van der Waals surface area contributed by atoms with Crippen LogP contribution in [0.4, 0.5) is 0 Å². The number of nitrogens with one attached hydrogen (secondary N) is 2. The van der Waals surface area contributed by atoms with Gasteiger partial charge in [-0.3, -0.25) is 25.2 Å². The zero-order valence-electron chi connectivity index (χ0n) is 15.2. The fourth-order valence-electron chi connectivity index (χ4n) is 2.44. The van der Waals surface area contributed by atoms with E-state index in [0.717, 1.165) is 5.56 Å². The second kappa shape index (κ2) is 9.96. The summed E-state index contributed by atoms with van der Waals surface area (Å²) in [6.45, 7) is 1.39. The quantitative estimate of drug-likeness (QED) is 0.576. The Morgan fingerprint density at radius 3 is 2.22 bits per heavy atom. The zero-order chi connectivity index (χ0) is 19.6. The van der Waals surface area contributed by atoms with Gasteiger partial charge in [0.05, 0.1) is 13.0 Å². The van der Waals surface area contributed by atoms with Crippen LogP contribution in [0.15, 0.2) is 54.6 Å². The first-order chi connectivity index (χ1) is 13.0. The van der Waals surface area contributed by atoms with Crippen molar-refractivity contribution in [3.05, 3.63) is 65.7 Å². The fraction of sp³-hybridized carbons (Fsp3) is 0.250. The molecular weight excluding hydrogens is 348 g/mol. The van der Waals surface area contributed by atoms with Crippen LogP contribution in [0, 0.1) is 0 Å². The molecule has 0 aliphatic rings. The van der Waals surface area contributed by atoms with Crippen molar-refractivity contribution >= 4 is 17.8 Å². The van der Waals surface area contributed by atoms with Gasteiger partial charge in [0.15, 0.2) is 6.61 Å². The summed E-state index contributed by atoms with van der Waals surface area (Å²) in [6.07, 6.45) is 0.554. The van der Waals surface area contributed by atoms with Crippen LogP contribution in [-0.4, -0.2) is 31.5 Å². The molecule has 0 fully saturated rings. The Balaban J connectivity index is 1.79. The summed E-state index contributed by atoms with van der Waals surface area (Å²) >= 11 is 0. The molecule has 0 saturated carbocycles. The molecule has 0 aromatic heterocycles. The molecular formula is C20H22N2O5. The summed E-state index contributed by atoms with van der Waals surface area (Å²) in [5.74, 6) is -1.43. The molecule has 2 aromatic rings. The number of ether oxygens (including phenoxy) is 2. The number of carbonyl (C=O) groups excluding carboxylic acids is 3. The van der Waals surface area contributed by atoms with E-state index in [0.29, 0.717) is 17.7 Å². The van der Waals surface area contributed by atoms with Crippen molar-refractivity contribution in [3.63, 3.8) is 0 Å². The number of carbonyl (C=O) groups is 3. The Hall–Kier alpha value is -3.35. The Bertz CT molecular complexity index is 775. The molecule has 27 heavy (non-hydrogen) atoms. The molecule has 2 aromatic carbocycles. The summed E-state index contributed by atoms with van der Waals surface area (Å²) < 4.78 is 10.1. The lowest BCUT2D eigenvalue weighted by Gasteiger charge is -2.14.